The molecule has 0 aliphatic rings. The molecular weight excluding hydrogens is 198 g/mol. The number of rotatable bonds is 4. The number of imidazole rings is 1. The van der Waals surface area contributed by atoms with Gasteiger partial charge in [-0.2, -0.15) is 0 Å². The molecule has 1 heterocycles. The fourth-order valence-electron chi connectivity index (χ4n) is 1.78. The van der Waals surface area contributed by atoms with E-state index in [4.69, 9.17) is 0 Å². The maximum absolute atomic E-state index is 4.33. The first kappa shape index (κ1) is 10.9. The van der Waals surface area contributed by atoms with E-state index < -0.39 is 0 Å². The molecule has 0 spiro atoms. The van der Waals surface area contributed by atoms with Crippen LogP contribution in [0.25, 0.3) is 0 Å². The summed E-state index contributed by atoms with van der Waals surface area (Å²) in [6.07, 6.45) is 3.88. The molecule has 1 N–H and O–H groups in total. The SMILES string of the molecule is CNCc1nccn1Cc1ccccc1C. The van der Waals surface area contributed by atoms with E-state index in [1.807, 2.05) is 19.4 Å². The molecule has 0 saturated carbocycles. The van der Waals surface area contributed by atoms with Gasteiger partial charge in [0.05, 0.1) is 6.54 Å². The van der Waals surface area contributed by atoms with Crippen molar-refractivity contribution in [2.24, 2.45) is 0 Å². The lowest BCUT2D eigenvalue weighted by atomic mass is 10.1. The van der Waals surface area contributed by atoms with Crippen LogP contribution < -0.4 is 5.32 Å². The van der Waals surface area contributed by atoms with Crippen LogP contribution in [-0.4, -0.2) is 16.6 Å². The Kier molecular flexibility index (Phi) is 3.37. The predicted molar refractivity (Wildman–Crippen MR) is 65.3 cm³/mol. The third kappa shape index (κ3) is 2.31. The minimum Gasteiger partial charge on any atom is -0.329 e. The summed E-state index contributed by atoms with van der Waals surface area (Å²) in [6, 6.07) is 8.46. The summed E-state index contributed by atoms with van der Waals surface area (Å²) in [7, 11) is 1.94. The van der Waals surface area contributed by atoms with Gasteiger partial charge in [0.15, 0.2) is 0 Å². The highest BCUT2D eigenvalue weighted by Gasteiger charge is 2.03. The second-order valence-electron chi connectivity index (χ2n) is 3.93. The minimum absolute atomic E-state index is 0.804. The van der Waals surface area contributed by atoms with Crippen molar-refractivity contribution in [3.05, 3.63) is 53.6 Å². The van der Waals surface area contributed by atoms with Crippen LogP contribution in [0.5, 0.6) is 0 Å². The number of nitrogens with one attached hydrogen (secondary N) is 1. The van der Waals surface area contributed by atoms with Crippen LogP contribution in [0.4, 0.5) is 0 Å². The first-order valence-corrected chi connectivity index (χ1v) is 5.50. The van der Waals surface area contributed by atoms with Gasteiger partial charge in [-0.25, -0.2) is 4.98 Å². The van der Waals surface area contributed by atoms with E-state index in [1.54, 1.807) is 0 Å². The molecule has 0 aliphatic heterocycles. The van der Waals surface area contributed by atoms with E-state index in [0.717, 1.165) is 18.9 Å². The van der Waals surface area contributed by atoms with Gasteiger partial charge in [-0.15, -0.1) is 0 Å². The summed E-state index contributed by atoms with van der Waals surface area (Å²) in [6.45, 7) is 3.84. The highest BCUT2D eigenvalue weighted by molar-refractivity contribution is 5.26. The number of benzene rings is 1. The second-order valence-corrected chi connectivity index (χ2v) is 3.93. The van der Waals surface area contributed by atoms with Crippen LogP contribution in [0, 0.1) is 6.92 Å². The monoisotopic (exact) mass is 215 g/mol. The normalized spacial score (nSPS) is 10.6. The summed E-state index contributed by atoms with van der Waals surface area (Å²) in [5.41, 5.74) is 2.67. The zero-order chi connectivity index (χ0) is 11.4. The van der Waals surface area contributed by atoms with Crippen molar-refractivity contribution in [3.63, 3.8) is 0 Å². The minimum atomic E-state index is 0.804. The van der Waals surface area contributed by atoms with Crippen LogP contribution in [0.3, 0.4) is 0 Å². The second kappa shape index (κ2) is 4.94. The largest absolute Gasteiger partial charge is 0.329 e. The topological polar surface area (TPSA) is 29.9 Å². The average Bonchev–Trinajstić information content (AvgIpc) is 2.70. The van der Waals surface area contributed by atoms with Crippen LogP contribution in [-0.2, 0) is 13.1 Å². The first-order chi connectivity index (χ1) is 7.81. The molecule has 0 atom stereocenters. The van der Waals surface area contributed by atoms with Gasteiger partial charge in [-0.05, 0) is 25.1 Å². The van der Waals surface area contributed by atoms with Crippen molar-refractivity contribution in [2.45, 2.75) is 20.0 Å². The predicted octanol–water partition coefficient (Wildman–Crippen LogP) is 1.96. The van der Waals surface area contributed by atoms with E-state index in [9.17, 15) is 0 Å². The Morgan fingerprint density at radius 3 is 2.88 bits per heavy atom. The molecule has 3 nitrogen and oxygen atoms in total. The Hall–Kier alpha value is -1.61. The van der Waals surface area contributed by atoms with Crippen molar-refractivity contribution < 1.29 is 0 Å². The average molecular weight is 215 g/mol. The van der Waals surface area contributed by atoms with Crippen molar-refractivity contribution in [2.75, 3.05) is 7.05 Å². The zero-order valence-corrected chi connectivity index (χ0v) is 9.77. The Morgan fingerprint density at radius 2 is 2.12 bits per heavy atom. The molecule has 0 radical (unpaired) electrons. The molecule has 0 fully saturated rings. The van der Waals surface area contributed by atoms with Gasteiger partial charge >= 0.3 is 0 Å². The summed E-state index contributed by atoms with van der Waals surface area (Å²) < 4.78 is 2.18. The molecule has 16 heavy (non-hydrogen) atoms. The lowest BCUT2D eigenvalue weighted by Crippen LogP contribution is -2.13. The lowest BCUT2D eigenvalue weighted by Gasteiger charge is -2.09. The van der Waals surface area contributed by atoms with Crippen molar-refractivity contribution in [1.82, 2.24) is 14.9 Å². The van der Waals surface area contributed by atoms with Crippen molar-refractivity contribution >= 4 is 0 Å². The fourth-order valence-corrected chi connectivity index (χ4v) is 1.78. The maximum Gasteiger partial charge on any atom is 0.122 e. The smallest absolute Gasteiger partial charge is 0.122 e. The molecule has 1 aromatic heterocycles. The third-order valence-electron chi connectivity index (χ3n) is 2.74. The lowest BCUT2D eigenvalue weighted by molar-refractivity contribution is 0.672. The van der Waals surface area contributed by atoms with E-state index >= 15 is 0 Å². The molecule has 2 aromatic rings. The Balaban J connectivity index is 2.20. The Morgan fingerprint density at radius 1 is 1.31 bits per heavy atom. The van der Waals surface area contributed by atoms with Crippen LogP contribution >= 0.6 is 0 Å². The number of hydrogen-bond donors (Lipinski definition) is 1. The quantitative estimate of drug-likeness (QED) is 0.845. The van der Waals surface area contributed by atoms with Crippen LogP contribution in [0.1, 0.15) is 17.0 Å². The third-order valence-corrected chi connectivity index (χ3v) is 2.74. The Labute approximate surface area is 96.1 Å². The van der Waals surface area contributed by atoms with Crippen molar-refractivity contribution in [3.8, 4) is 0 Å². The van der Waals surface area contributed by atoms with Gasteiger partial charge in [0.25, 0.3) is 0 Å². The van der Waals surface area contributed by atoms with Crippen LogP contribution in [0.2, 0.25) is 0 Å². The molecule has 1 aromatic carbocycles. The van der Waals surface area contributed by atoms with E-state index in [0.29, 0.717) is 0 Å². The Bertz CT molecular complexity index is 460. The first-order valence-electron chi connectivity index (χ1n) is 5.50. The summed E-state index contributed by atoms with van der Waals surface area (Å²) >= 11 is 0. The summed E-state index contributed by atoms with van der Waals surface area (Å²) in [5, 5.41) is 3.13. The van der Waals surface area contributed by atoms with Gasteiger partial charge < -0.3 is 9.88 Å². The molecule has 0 unspecified atom stereocenters. The van der Waals surface area contributed by atoms with E-state index in [-0.39, 0.29) is 0 Å². The number of aromatic nitrogens is 2. The maximum atomic E-state index is 4.33. The molecule has 0 saturated heterocycles. The summed E-state index contributed by atoms with van der Waals surface area (Å²) in [5.74, 6) is 1.07. The van der Waals surface area contributed by atoms with Crippen molar-refractivity contribution in [1.29, 1.82) is 0 Å². The standard InChI is InChI=1S/C13H17N3/c1-11-5-3-4-6-12(11)10-16-8-7-15-13(16)9-14-2/h3-8,14H,9-10H2,1-2H3. The molecule has 0 amide bonds. The van der Waals surface area contributed by atoms with Gasteiger partial charge in [0, 0.05) is 18.9 Å². The number of aryl methyl sites for hydroxylation is 1. The highest BCUT2D eigenvalue weighted by atomic mass is 15.1. The van der Waals surface area contributed by atoms with E-state index in [1.165, 1.54) is 11.1 Å². The molecule has 0 aliphatic carbocycles. The number of nitrogens with zero attached hydrogens (tertiary/aromatic N) is 2. The van der Waals surface area contributed by atoms with Crippen LogP contribution in [0.15, 0.2) is 36.7 Å². The van der Waals surface area contributed by atoms with E-state index in [2.05, 4.69) is 46.1 Å². The van der Waals surface area contributed by atoms with Gasteiger partial charge in [-0.3, -0.25) is 0 Å². The summed E-state index contributed by atoms with van der Waals surface area (Å²) in [4.78, 5) is 4.33. The van der Waals surface area contributed by atoms with Gasteiger partial charge in [0.1, 0.15) is 5.82 Å². The molecule has 0 bridgehead atoms. The number of hydrogen-bond acceptors (Lipinski definition) is 2. The molecular formula is C13H17N3. The molecule has 3 heteroatoms. The van der Waals surface area contributed by atoms with Gasteiger partial charge in [-0.1, -0.05) is 24.3 Å². The van der Waals surface area contributed by atoms with Gasteiger partial charge in [0.2, 0.25) is 0 Å². The fraction of sp³-hybridized carbons (Fsp3) is 0.308. The highest BCUT2D eigenvalue weighted by Crippen LogP contribution is 2.10. The molecule has 2 rings (SSSR count). The zero-order valence-electron chi connectivity index (χ0n) is 9.77. The molecule has 84 valence electrons.